The van der Waals surface area contributed by atoms with E-state index in [0.717, 1.165) is 0 Å². The highest BCUT2D eigenvalue weighted by atomic mass is 16.6. The van der Waals surface area contributed by atoms with Gasteiger partial charge in [0.05, 0.1) is 33.4 Å². The number of methoxy groups -OCH3 is 4. The molecule has 24 heavy (non-hydrogen) atoms. The Morgan fingerprint density at radius 1 is 1.00 bits per heavy atom. The first-order chi connectivity index (χ1) is 11.5. The molecule has 0 aliphatic rings. The molecule has 0 aliphatic carbocycles. The predicted octanol–water partition coefficient (Wildman–Crippen LogP) is 2.77. The lowest BCUT2D eigenvalue weighted by molar-refractivity contribution is -0.384. The first-order valence-electron chi connectivity index (χ1n) is 6.80. The van der Waals surface area contributed by atoms with E-state index in [1.165, 1.54) is 40.6 Å². The summed E-state index contributed by atoms with van der Waals surface area (Å²) in [7, 11) is 5.87. The van der Waals surface area contributed by atoms with Crippen molar-refractivity contribution < 1.29 is 23.9 Å². The third kappa shape index (κ3) is 3.40. The molecule has 0 aliphatic heterocycles. The standard InChI is InChI=1S/C15H17N3O6/c1-21-11-7-9(8-12(22-2)14(11)24-4)16-15-10(18(19)20)5-6-13(17-15)23-3/h5-8H,1-4H3,(H,16,17). The van der Waals surface area contributed by atoms with Gasteiger partial charge in [0.25, 0.3) is 0 Å². The molecule has 0 bridgehead atoms. The van der Waals surface area contributed by atoms with Crippen LogP contribution in [0.25, 0.3) is 0 Å². The molecular formula is C15H17N3O6. The van der Waals surface area contributed by atoms with Crippen LogP contribution in [0.3, 0.4) is 0 Å². The number of pyridine rings is 1. The van der Waals surface area contributed by atoms with E-state index in [4.69, 9.17) is 18.9 Å². The van der Waals surface area contributed by atoms with Gasteiger partial charge in [-0.25, -0.2) is 0 Å². The SMILES string of the molecule is COc1ccc([N+](=O)[O-])c(Nc2cc(OC)c(OC)c(OC)c2)n1. The Bertz CT molecular complexity index is 725. The first kappa shape index (κ1) is 17.1. The molecule has 9 nitrogen and oxygen atoms in total. The fraction of sp³-hybridized carbons (Fsp3) is 0.267. The molecular weight excluding hydrogens is 318 g/mol. The molecule has 0 saturated carbocycles. The van der Waals surface area contributed by atoms with Crippen LogP contribution in [0.5, 0.6) is 23.1 Å². The van der Waals surface area contributed by atoms with Gasteiger partial charge in [0.15, 0.2) is 11.5 Å². The van der Waals surface area contributed by atoms with Gasteiger partial charge in [-0.15, -0.1) is 0 Å². The van der Waals surface area contributed by atoms with E-state index in [9.17, 15) is 10.1 Å². The second-order valence-electron chi connectivity index (χ2n) is 4.52. The van der Waals surface area contributed by atoms with E-state index >= 15 is 0 Å². The van der Waals surface area contributed by atoms with Crippen molar-refractivity contribution in [3.05, 3.63) is 34.4 Å². The molecule has 1 aromatic heterocycles. The molecule has 1 heterocycles. The van der Waals surface area contributed by atoms with Gasteiger partial charge in [0, 0.05) is 30.0 Å². The summed E-state index contributed by atoms with van der Waals surface area (Å²) in [6.07, 6.45) is 0. The summed E-state index contributed by atoms with van der Waals surface area (Å²) in [5.41, 5.74) is 0.290. The Labute approximate surface area is 138 Å². The molecule has 2 rings (SSSR count). The predicted molar refractivity (Wildman–Crippen MR) is 86.8 cm³/mol. The van der Waals surface area contributed by atoms with Crippen molar-refractivity contribution in [1.82, 2.24) is 4.98 Å². The number of aromatic nitrogens is 1. The first-order valence-corrected chi connectivity index (χ1v) is 6.80. The van der Waals surface area contributed by atoms with Crippen LogP contribution in [0.15, 0.2) is 24.3 Å². The number of benzene rings is 1. The lowest BCUT2D eigenvalue weighted by atomic mass is 10.2. The summed E-state index contributed by atoms with van der Waals surface area (Å²) >= 11 is 0. The van der Waals surface area contributed by atoms with E-state index < -0.39 is 4.92 Å². The molecule has 0 spiro atoms. The van der Waals surface area contributed by atoms with Crippen LogP contribution in [0.4, 0.5) is 17.2 Å². The number of anilines is 2. The molecule has 128 valence electrons. The van der Waals surface area contributed by atoms with Crippen LogP contribution >= 0.6 is 0 Å². The van der Waals surface area contributed by atoms with Crippen molar-refractivity contribution in [2.45, 2.75) is 0 Å². The number of nitrogens with zero attached hydrogens (tertiary/aromatic N) is 2. The van der Waals surface area contributed by atoms with E-state index in [2.05, 4.69) is 10.3 Å². The lowest BCUT2D eigenvalue weighted by Crippen LogP contribution is -2.02. The monoisotopic (exact) mass is 335 g/mol. The lowest BCUT2D eigenvalue weighted by Gasteiger charge is -2.15. The van der Waals surface area contributed by atoms with Gasteiger partial charge in [-0.2, -0.15) is 4.98 Å². The zero-order valence-corrected chi connectivity index (χ0v) is 13.7. The van der Waals surface area contributed by atoms with Gasteiger partial charge in [-0.05, 0) is 0 Å². The van der Waals surface area contributed by atoms with Crippen LogP contribution in [0, 0.1) is 10.1 Å². The molecule has 0 atom stereocenters. The van der Waals surface area contributed by atoms with Crippen molar-refractivity contribution >= 4 is 17.2 Å². The second-order valence-corrected chi connectivity index (χ2v) is 4.52. The van der Waals surface area contributed by atoms with E-state index in [1.807, 2.05) is 0 Å². The zero-order chi connectivity index (χ0) is 17.7. The Morgan fingerprint density at radius 2 is 1.62 bits per heavy atom. The molecule has 0 saturated heterocycles. The number of nitro groups is 1. The van der Waals surface area contributed by atoms with Crippen LogP contribution in [-0.4, -0.2) is 38.3 Å². The highest BCUT2D eigenvalue weighted by Crippen LogP contribution is 2.41. The number of nitrogens with one attached hydrogen (secondary N) is 1. The molecule has 0 fully saturated rings. The minimum absolute atomic E-state index is 0.0358. The summed E-state index contributed by atoms with van der Waals surface area (Å²) < 4.78 is 20.8. The van der Waals surface area contributed by atoms with Gasteiger partial charge in [0.2, 0.25) is 17.4 Å². The number of hydrogen-bond acceptors (Lipinski definition) is 8. The molecule has 9 heteroatoms. The molecule has 0 amide bonds. The second kappa shape index (κ2) is 7.36. The van der Waals surface area contributed by atoms with Crippen LogP contribution in [0.2, 0.25) is 0 Å². The Hall–Kier alpha value is -3.23. The molecule has 2 aromatic rings. The van der Waals surface area contributed by atoms with Crippen LogP contribution < -0.4 is 24.3 Å². The van der Waals surface area contributed by atoms with E-state index in [-0.39, 0.29) is 17.4 Å². The maximum Gasteiger partial charge on any atom is 0.311 e. The van der Waals surface area contributed by atoms with Crippen molar-refractivity contribution in [1.29, 1.82) is 0 Å². The number of ether oxygens (including phenoxy) is 4. The maximum absolute atomic E-state index is 11.2. The van der Waals surface area contributed by atoms with Crippen molar-refractivity contribution in [3.63, 3.8) is 0 Å². The summed E-state index contributed by atoms with van der Waals surface area (Å²) in [5.74, 6) is 1.51. The summed E-state index contributed by atoms with van der Waals surface area (Å²) in [5, 5.41) is 14.1. The highest BCUT2D eigenvalue weighted by molar-refractivity contribution is 5.71. The summed E-state index contributed by atoms with van der Waals surface area (Å²) in [6, 6.07) is 5.96. The van der Waals surface area contributed by atoms with Gasteiger partial charge >= 0.3 is 5.69 Å². The third-order valence-corrected chi connectivity index (χ3v) is 3.18. The van der Waals surface area contributed by atoms with Crippen LogP contribution in [0.1, 0.15) is 0 Å². The Kier molecular flexibility index (Phi) is 5.25. The van der Waals surface area contributed by atoms with E-state index in [1.54, 1.807) is 12.1 Å². The number of rotatable bonds is 7. The summed E-state index contributed by atoms with van der Waals surface area (Å²) in [4.78, 5) is 14.7. The number of hydrogen-bond donors (Lipinski definition) is 1. The Morgan fingerprint density at radius 3 is 2.08 bits per heavy atom. The minimum Gasteiger partial charge on any atom is -0.493 e. The molecule has 1 aromatic carbocycles. The van der Waals surface area contributed by atoms with Crippen molar-refractivity contribution in [2.24, 2.45) is 0 Å². The van der Waals surface area contributed by atoms with Gasteiger partial charge < -0.3 is 24.3 Å². The topological polar surface area (TPSA) is 105 Å². The largest absolute Gasteiger partial charge is 0.493 e. The van der Waals surface area contributed by atoms with Gasteiger partial charge in [-0.3, -0.25) is 10.1 Å². The zero-order valence-electron chi connectivity index (χ0n) is 13.7. The summed E-state index contributed by atoms with van der Waals surface area (Å²) in [6.45, 7) is 0. The van der Waals surface area contributed by atoms with E-state index in [0.29, 0.717) is 22.9 Å². The van der Waals surface area contributed by atoms with Gasteiger partial charge in [0.1, 0.15) is 0 Å². The van der Waals surface area contributed by atoms with Crippen molar-refractivity contribution in [3.8, 4) is 23.1 Å². The average Bonchev–Trinajstić information content (AvgIpc) is 2.60. The molecule has 1 N–H and O–H groups in total. The van der Waals surface area contributed by atoms with Crippen LogP contribution in [-0.2, 0) is 0 Å². The normalized spacial score (nSPS) is 10.0. The smallest absolute Gasteiger partial charge is 0.311 e. The molecule has 0 radical (unpaired) electrons. The molecule has 0 unspecified atom stereocenters. The maximum atomic E-state index is 11.2. The average molecular weight is 335 g/mol. The quantitative estimate of drug-likeness (QED) is 0.608. The third-order valence-electron chi connectivity index (χ3n) is 3.18. The fourth-order valence-electron chi connectivity index (χ4n) is 2.08. The van der Waals surface area contributed by atoms with Crippen molar-refractivity contribution in [2.75, 3.05) is 33.8 Å². The minimum atomic E-state index is -0.535. The van der Waals surface area contributed by atoms with Gasteiger partial charge in [-0.1, -0.05) is 0 Å². The highest BCUT2D eigenvalue weighted by Gasteiger charge is 2.19. The Balaban J connectivity index is 2.49. The fourth-order valence-corrected chi connectivity index (χ4v) is 2.08.